The largest absolute Gasteiger partial charge is 0.372 e. The Morgan fingerprint density at radius 1 is 0.909 bits per heavy atom. The van der Waals surface area contributed by atoms with Gasteiger partial charge in [-0.25, -0.2) is 0 Å². The topological polar surface area (TPSA) is 23.6 Å². The van der Waals surface area contributed by atoms with Crippen molar-refractivity contribution >= 4 is 11.6 Å². The van der Waals surface area contributed by atoms with Gasteiger partial charge < -0.3 is 9.80 Å². The molecular formula is C19H24N2O. The SMILES string of the molecule is CCN(CC)c1ccc(C(=O)N(C)Cc2ccccc2)cc1. The number of rotatable bonds is 6. The number of hydrogen-bond acceptors (Lipinski definition) is 2. The van der Waals surface area contributed by atoms with Crippen LogP contribution in [0.3, 0.4) is 0 Å². The third-order valence-corrected chi connectivity index (χ3v) is 3.85. The van der Waals surface area contributed by atoms with Crippen molar-refractivity contribution in [1.29, 1.82) is 0 Å². The van der Waals surface area contributed by atoms with Gasteiger partial charge in [-0.2, -0.15) is 0 Å². The molecule has 0 atom stereocenters. The fraction of sp³-hybridized carbons (Fsp3) is 0.316. The highest BCUT2D eigenvalue weighted by molar-refractivity contribution is 5.94. The molecule has 0 aliphatic rings. The van der Waals surface area contributed by atoms with Gasteiger partial charge in [-0.1, -0.05) is 30.3 Å². The molecule has 2 aromatic carbocycles. The summed E-state index contributed by atoms with van der Waals surface area (Å²) in [7, 11) is 1.84. The lowest BCUT2D eigenvalue weighted by Gasteiger charge is -2.22. The zero-order valence-electron chi connectivity index (χ0n) is 13.6. The molecule has 0 unspecified atom stereocenters. The van der Waals surface area contributed by atoms with Gasteiger partial charge in [0.25, 0.3) is 5.91 Å². The van der Waals surface area contributed by atoms with Gasteiger partial charge in [0, 0.05) is 37.9 Å². The highest BCUT2D eigenvalue weighted by Crippen LogP contribution is 2.16. The molecule has 22 heavy (non-hydrogen) atoms. The van der Waals surface area contributed by atoms with Crippen molar-refractivity contribution in [3.63, 3.8) is 0 Å². The minimum absolute atomic E-state index is 0.0509. The lowest BCUT2D eigenvalue weighted by molar-refractivity contribution is 0.0785. The van der Waals surface area contributed by atoms with Crippen molar-refractivity contribution < 1.29 is 4.79 Å². The van der Waals surface area contributed by atoms with Gasteiger partial charge in [-0.3, -0.25) is 4.79 Å². The molecule has 0 bridgehead atoms. The van der Waals surface area contributed by atoms with E-state index in [1.54, 1.807) is 4.90 Å². The van der Waals surface area contributed by atoms with Gasteiger partial charge in [0.15, 0.2) is 0 Å². The molecule has 0 heterocycles. The fourth-order valence-electron chi connectivity index (χ4n) is 2.55. The first-order valence-electron chi connectivity index (χ1n) is 7.80. The van der Waals surface area contributed by atoms with Crippen LogP contribution in [-0.4, -0.2) is 30.9 Å². The Bertz CT molecular complexity index is 589. The normalized spacial score (nSPS) is 10.3. The summed E-state index contributed by atoms with van der Waals surface area (Å²) >= 11 is 0. The van der Waals surface area contributed by atoms with E-state index in [2.05, 4.69) is 18.7 Å². The van der Waals surface area contributed by atoms with Crippen LogP contribution in [0.25, 0.3) is 0 Å². The van der Waals surface area contributed by atoms with Crippen molar-refractivity contribution in [3.05, 3.63) is 65.7 Å². The summed E-state index contributed by atoms with van der Waals surface area (Å²) in [5.74, 6) is 0.0509. The van der Waals surface area contributed by atoms with Crippen LogP contribution in [0.4, 0.5) is 5.69 Å². The molecule has 116 valence electrons. The molecule has 1 amide bonds. The van der Waals surface area contributed by atoms with Gasteiger partial charge in [0.05, 0.1) is 0 Å². The summed E-state index contributed by atoms with van der Waals surface area (Å²) in [6, 6.07) is 17.9. The molecule has 2 rings (SSSR count). The number of carbonyl (C=O) groups excluding carboxylic acids is 1. The molecule has 0 saturated carbocycles. The van der Waals surface area contributed by atoms with E-state index in [0.29, 0.717) is 6.54 Å². The molecular weight excluding hydrogens is 272 g/mol. The predicted octanol–water partition coefficient (Wildman–Crippen LogP) is 3.81. The Balaban J connectivity index is 2.06. The maximum Gasteiger partial charge on any atom is 0.253 e. The Hall–Kier alpha value is -2.29. The maximum atomic E-state index is 12.5. The number of hydrogen-bond donors (Lipinski definition) is 0. The van der Waals surface area contributed by atoms with E-state index in [-0.39, 0.29) is 5.91 Å². The molecule has 3 heteroatoms. The Labute approximate surface area is 133 Å². The first-order chi connectivity index (χ1) is 10.7. The maximum absolute atomic E-state index is 12.5. The molecule has 0 N–H and O–H groups in total. The van der Waals surface area contributed by atoms with Crippen LogP contribution in [0.5, 0.6) is 0 Å². The number of carbonyl (C=O) groups is 1. The van der Waals surface area contributed by atoms with E-state index in [4.69, 9.17) is 0 Å². The molecule has 0 aliphatic heterocycles. The van der Waals surface area contributed by atoms with Crippen LogP contribution in [0, 0.1) is 0 Å². The third-order valence-electron chi connectivity index (χ3n) is 3.85. The van der Waals surface area contributed by atoms with Gasteiger partial charge in [0.1, 0.15) is 0 Å². The highest BCUT2D eigenvalue weighted by atomic mass is 16.2. The number of amides is 1. The van der Waals surface area contributed by atoms with E-state index < -0.39 is 0 Å². The monoisotopic (exact) mass is 296 g/mol. The van der Waals surface area contributed by atoms with Crippen molar-refractivity contribution in [2.24, 2.45) is 0 Å². The van der Waals surface area contributed by atoms with Crippen LogP contribution >= 0.6 is 0 Å². The second kappa shape index (κ2) is 7.64. The number of nitrogens with zero attached hydrogens (tertiary/aromatic N) is 2. The predicted molar refractivity (Wildman–Crippen MR) is 92.2 cm³/mol. The van der Waals surface area contributed by atoms with Crippen LogP contribution in [0.1, 0.15) is 29.8 Å². The van der Waals surface area contributed by atoms with E-state index in [1.807, 2.05) is 61.6 Å². The Morgan fingerprint density at radius 2 is 1.50 bits per heavy atom. The summed E-state index contributed by atoms with van der Waals surface area (Å²) in [5, 5.41) is 0. The fourth-order valence-corrected chi connectivity index (χ4v) is 2.55. The average Bonchev–Trinajstić information content (AvgIpc) is 2.57. The molecule has 0 radical (unpaired) electrons. The molecule has 0 aromatic heterocycles. The smallest absolute Gasteiger partial charge is 0.253 e. The van der Waals surface area contributed by atoms with Gasteiger partial charge in [-0.05, 0) is 43.7 Å². The Kier molecular flexibility index (Phi) is 5.59. The zero-order chi connectivity index (χ0) is 15.9. The molecule has 0 fully saturated rings. The standard InChI is InChI=1S/C19H24N2O/c1-4-21(5-2)18-13-11-17(12-14-18)19(22)20(3)15-16-9-7-6-8-10-16/h6-14H,4-5,15H2,1-3H3. The minimum Gasteiger partial charge on any atom is -0.372 e. The van der Waals surface area contributed by atoms with Gasteiger partial charge in [0.2, 0.25) is 0 Å². The molecule has 0 spiro atoms. The van der Waals surface area contributed by atoms with Crippen LogP contribution in [0.15, 0.2) is 54.6 Å². The van der Waals surface area contributed by atoms with Crippen molar-refractivity contribution in [1.82, 2.24) is 4.90 Å². The van der Waals surface area contributed by atoms with Crippen LogP contribution in [0.2, 0.25) is 0 Å². The van der Waals surface area contributed by atoms with Crippen molar-refractivity contribution in [2.75, 3.05) is 25.0 Å². The quantitative estimate of drug-likeness (QED) is 0.809. The third kappa shape index (κ3) is 3.88. The lowest BCUT2D eigenvalue weighted by Crippen LogP contribution is -2.26. The summed E-state index contributed by atoms with van der Waals surface area (Å²) in [4.78, 5) is 16.5. The summed E-state index contributed by atoms with van der Waals surface area (Å²) in [6.45, 7) is 6.83. The van der Waals surface area contributed by atoms with E-state index >= 15 is 0 Å². The van der Waals surface area contributed by atoms with Gasteiger partial charge >= 0.3 is 0 Å². The van der Waals surface area contributed by atoms with E-state index in [1.165, 1.54) is 0 Å². The van der Waals surface area contributed by atoms with Crippen molar-refractivity contribution in [2.45, 2.75) is 20.4 Å². The summed E-state index contributed by atoms with van der Waals surface area (Å²) in [5.41, 5.74) is 3.03. The van der Waals surface area contributed by atoms with E-state index in [0.717, 1.165) is 29.9 Å². The highest BCUT2D eigenvalue weighted by Gasteiger charge is 2.12. The van der Waals surface area contributed by atoms with Crippen LogP contribution < -0.4 is 4.90 Å². The summed E-state index contributed by atoms with van der Waals surface area (Å²) in [6.07, 6.45) is 0. The average molecular weight is 296 g/mol. The molecule has 3 nitrogen and oxygen atoms in total. The Morgan fingerprint density at radius 3 is 2.05 bits per heavy atom. The van der Waals surface area contributed by atoms with Crippen LogP contribution in [-0.2, 0) is 6.54 Å². The number of benzene rings is 2. The first kappa shape index (κ1) is 16.1. The molecule has 2 aromatic rings. The first-order valence-corrected chi connectivity index (χ1v) is 7.80. The second-order valence-corrected chi connectivity index (χ2v) is 5.37. The number of anilines is 1. The van der Waals surface area contributed by atoms with Gasteiger partial charge in [-0.15, -0.1) is 0 Å². The second-order valence-electron chi connectivity index (χ2n) is 5.37. The van der Waals surface area contributed by atoms with Crippen molar-refractivity contribution in [3.8, 4) is 0 Å². The minimum atomic E-state index is 0.0509. The lowest BCUT2D eigenvalue weighted by atomic mass is 10.1. The molecule has 0 aliphatic carbocycles. The van der Waals surface area contributed by atoms with E-state index in [9.17, 15) is 4.79 Å². The zero-order valence-corrected chi connectivity index (χ0v) is 13.6. The summed E-state index contributed by atoms with van der Waals surface area (Å²) < 4.78 is 0. The molecule has 0 saturated heterocycles.